The maximum atomic E-state index is 12.1. The third-order valence-electron chi connectivity index (χ3n) is 4.21. The zero-order valence-corrected chi connectivity index (χ0v) is 15.6. The highest BCUT2D eigenvalue weighted by Crippen LogP contribution is 2.32. The lowest BCUT2D eigenvalue weighted by Gasteiger charge is -2.20. The molecule has 3 rings (SSSR count). The van der Waals surface area contributed by atoms with Crippen LogP contribution in [0.2, 0.25) is 0 Å². The Balaban J connectivity index is 1.91. The van der Waals surface area contributed by atoms with Gasteiger partial charge in [0.05, 0.1) is 16.4 Å². The van der Waals surface area contributed by atoms with Crippen LogP contribution < -0.4 is 0 Å². The van der Waals surface area contributed by atoms with Crippen molar-refractivity contribution >= 4 is 9.84 Å². The fourth-order valence-corrected chi connectivity index (χ4v) is 3.47. The Morgan fingerprint density at radius 2 is 1.70 bits per heavy atom. The van der Waals surface area contributed by atoms with Crippen LogP contribution >= 0.6 is 0 Å². The first-order chi connectivity index (χ1) is 12.8. The molecule has 0 unspecified atom stereocenters. The van der Waals surface area contributed by atoms with Crippen LogP contribution in [0.15, 0.2) is 75.4 Å². The van der Waals surface area contributed by atoms with E-state index in [2.05, 4.69) is 10.2 Å². The molecule has 0 aliphatic rings. The van der Waals surface area contributed by atoms with Crippen molar-refractivity contribution in [2.75, 3.05) is 0 Å². The van der Waals surface area contributed by atoms with E-state index >= 15 is 0 Å². The Morgan fingerprint density at radius 1 is 1.04 bits per heavy atom. The molecule has 0 saturated heterocycles. The lowest BCUT2D eigenvalue weighted by atomic mass is 9.84. The normalized spacial score (nSPS) is 12.2. The second-order valence-electron chi connectivity index (χ2n) is 6.40. The van der Waals surface area contributed by atoms with Gasteiger partial charge in [0.15, 0.2) is 0 Å². The minimum Gasteiger partial charge on any atom is -0.420 e. The predicted octanol–water partition coefficient (Wildman–Crippen LogP) is 3.87. The fourth-order valence-electron chi connectivity index (χ4n) is 2.56. The molecular weight excluding hydrogens is 362 g/mol. The van der Waals surface area contributed by atoms with Crippen molar-refractivity contribution in [3.63, 3.8) is 0 Å². The summed E-state index contributed by atoms with van der Waals surface area (Å²) in [6.07, 6.45) is 0.941. The van der Waals surface area contributed by atoms with Crippen LogP contribution in [0.5, 0.6) is 0 Å². The van der Waals surface area contributed by atoms with Gasteiger partial charge in [0, 0.05) is 17.0 Å². The number of sulfone groups is 1. The minimum absolute atomic E-state index is 0.115. The van der Waals surface area contributed by atoms with Crippen LogP contribution in [0.3, 0.4) is 0 Å². The fraction of sp³-hybridized carbons (Fsp3) is 0.150. The summed E-state index contributed by atoms with van der Waals surface area (Å²) in [4.78, 5) is 0.115. The summed E-state index contributed by atoms with van der Waals surface area (Å²) < 4.78 is 30.1. The molecule has 3 aromatic rings. The minimum atomic E-state index is -3.64. The molecule has 0 saturated carbocycles. The molecule has 1 heterocycles. The van der Waals surface area contributed by atoms with E-state index in [1.807, 2.05) is 44.2 Å². The van der Waals surface area contributed by atoms with Crippen molar-refractivity contribution in [1.29, 1.82) is 5.26 Å². The van der Waals surface area contributed by atoms with Crippen LogP contribution in [0.1, 0.15) is 25.3 Å². The smallest absolute Gasteiger partial charge is 0.247 e. The van der Waals surface area contributed by atoms with Gasteiger partial charge < -0.3 is 4.42 Å². The van der Waals surface area contributed by atoms with Gasteiger partial charge in [-0.25, -0.2) is 8.42 Å². The second kappa shape index (κ2) is 7.17. The van der Waals surface area contributed by atoms with Crippen LogP contribution in [-0.4, -0.2) is 18.6 Å². The summed E-state index contributed by atoms with van der Waals surface area (Å²) in [6, 6.07) is 17.6. The Hall–Kier alpha value is -3.24. The SMILES string of the molecule is CC(C)(c1ccc(S(=O)(=O)/C=C/C#N)cc1)c1nnc(-c2ccccc2)o1. The highest BCUT2D eigenvalue weighted by Gasteiger charge is 2.30. The van der Waals surface area contributed by atoms with Gasteiger partial charge in [-0.15, -0.1) is 10.2 Å². The number of nitriles is 1. The molecule has 7 heteroatoms. The van der Waals surface area contributed by atoms with E-state index in [1.54, 1.807) is 18.2 Å². The van der Waals surface area contributed by atoms with Crippen LogP contribution in [0, 0.1) is 11.3 Å². The number of nitrogens with zero attached hydrogens (tertiary/aromatic N) is 3. The van der Waals surface area contributed by atoms with Crippen LogP contribution in [0.25, 0.3) is 11.5 Å². The Bertz CT molecular complexity index is 1110. The van der Waals surface area contributed by atoms with Crippen LogP contribution in [-0.2, 0) is 15.3 Å². The maximum Gasteiger partial charge on any atom is 0.247 e. The van der Waals surface area contributed by atoms with Crippen molar-refractivity contribution in [2.45, 2.75) is 24.2 Å². The average molecular weight is 379 g/mol. The van der Waals surface area contributed by atoms with E-state index in [4.69, 9.17) is 9.68 Å². The molecule has 2 aromatic carbocycles. The molecule has 0 N–H and O–H groups in total. The average Bonchev–Trinajstić information content (AvgIpc) is 3.18. The zero-order valence-electron chi connectivity index (χ0n) is 14.8. The maximum absolute atomic E-state index is 12.1. The standard InChI is InChI=1S/C20H17N3O3S/c1-20(2,19-23-22-18(26-19)15-7-4-3-5-8-15)16-9-11-17(12-10-16)27(24,25)14-6-13-21/h3-12,14H,1-2H3/b14-6+. The van der Waals surface area contributed by atoms with Gasteiger partial charge in [-0.1, -0.05) is 30.3 Å². The van der Waals surface area contributed by atoms with E-state index in [0.29, 0.717) is 11.8 Å². The molecule has 0 bridgehead atoms. The van der Waals surface area contributed by atoms with Crippen LogP contribution in [0.4, 0.5) is 0 Å². The number of benzene rings is 2. The first-order valence-electron chi connectivity index (χ1n) is 8.16. The third-order valence-corrected chi connectivity index (χ3v) is 5.63. The number of rotatable bonds is 5. The first-order valence-corrected chi connectivity index (χ1v) is 9.70. The second-order valence-corrected chi connectivity index (χ2v) is 8.24. The van der Waals surface area contributed by atoms with Gasteiger partial charge in [0.1, 0.15) is 0 Å². The van der Waals surface area contributed by atoms with E-state index in [9.17, 15) is 8.42 Å². The number of allylic oxidation sites excluding steroid dienone is 1. The Kier molecular flexibility index (Phi) is 4.93. The van der Waals surface area contributed by atoms with E-state index in [-0.39, 0.29) is 4.90 Å². The summed E-state index contributed by atoms with van der Waals surface area (Å²) >= 11 is 0. The predicted molar refractivity (Wildman–Crippen MR) is 100 cm³/mol. The summed E-state index contributed by atoms with van der Waals surface area (Å²) in [5.41, 5.74) is 1.05. The van der Waals surface area contributed by atoms with Crippen molar-refractivity contribution in [2.24, 2.45) is 0 Å². The summed E-state index contributed by atoms with van der Waals surface area (Å²) in [5.74, 6) is 0.862. The zero-order chi connectivity index (χ0) is 19.5. The molecule has 0 radical (unpaired) electrons. The van der Waals surface area contributed by atoms with Crippen molar-refractivity contribution in [3.8, 4) is 17.5 Å². The molecule has 0 fully saturated rings. The summed E-state index contributed by atoms with van der Waals surface area (Å²) in [6.45, 7) is 3.85. The highest BCUT2D eigenvalue weighted by atomic mass is 32.2. The molecule has 0 aliphatic heterocycles. The molecule has 0 spiro atoms. The van der Waals surface area contributed by atoms with Crippen molar-refractivity contribution in [3.05, 3.63) is 77.5 Å². The quantitative estimate of drug-likeness (QED) is 0.624. The molecule has 1 aromatic heterocycles. The first kappa shape index (κ1) is 18.5. The summed E-state index contributed by atoms with van der Waals surface area (Å²) in [7, 11) is -3.64. The van der Waals surface area contributed by atoms with Gasteiger partial charge in [0.2, 0.25) is 21.6 Å². The van der Waals surface area contributed by atoms with E-state index < -0.39 is 15.3 Å². The van der Waals surface area contributed by atoms with Gasteiger partial charge in [-0.3, -0.25) is 0 Å². The van der Waals surface area contributed by atoms with Gasteiger partial charge in [-0.2, -0.15) is 5.26 Å². The molecular formula is C20H17N3O3S. The lowest BCUT2D eigenvalue weighted by molar-refractivity contribution is 0.420. The number of hydrogen-bond acceptors (Lipinski definition) is 6. The Morgan fingerprint density at radius 3 is 2.33 bits per heavy atom. The monoisotopic (exact) mass is 379 g/mol. The van der Waals surface area contributed by atoms with E-state index in [0.717, 1.165) is 22.6 Å². The number of hydrogen-bond donors (Lipinski definition) is 0. The molecule has 6 nitrogen and oxygen atoms in total. The number of aromatic nitrogens is 2. The molecule has 0 aliphatic carbocycles. The summed E-state index contributed by atoms with van der Waals surface area (Å²) in [5, 5.41) is 17.7. The topological polar surface area (TPSA) is 96.8 Å². The highest BCUT2D eigenvalue weighted by molar-refractivity contribution is 7.94. The molecule has 0 atom stereocenters. The largest absolute Gasteiger partial charge is 0.420 e. The van der Waals surface area contributed by atoms with Gasteiger partial charge in [-0.05, 0) is 43.7 Å². The third kappa shape index (κ3) is 3.81. The molecule has 136 valence electrons. The van der Waals surface area contributed by atoms with E-state index in [1.165, 1.54) is 12.1 Å². The lowest BCUT2D eigenvalue weighted by Crippen LogP contribution is -2.19. The van der Waals surface area contributed by atoms with Gasteiger partial charge >= 0.3 is 0 Å². The molecule has 27 heavy (non-hydrogen) atoms. The van der Waals surface area contributed by atoms with Crippen molar-refractivity contribution < 1.29 is 12.8 Å². The van der Waals surface area contributed by atoms with Crippen molar-refractivity contribution in [1.82, 2.24) is 10.2 Å². The Labute approximate surface area is 157 Å². The van der Waals surface area contributed by atoms with Gasteiger partial charge in [0.25, 0.3) is 0 Å². The molecule has 0 amide bonds.